The molecule has 0 saturated carbocycles. The third-order valence-corrected chi connectivity index (χ3v) is 4.66. The molecule has 0 amide bonds. The van der Waals surface area contributed by atoms with E-state index in [9.17, 15) is 13.0 Å². The minimum absolute atomic E-state index is 0.0558. The van der Waals surface area contributed by atoms with Gasteiger partial charge in [0.1, 0.15) is 11.6 Å². The number of hydrogen-bond acceptors (Lipinski definition) is 2. The van der Waals surface area contributed by atoms with Gasteiger partial charge in [-0.1, -0.05) is 20.3 Å². The van der Waals surface area contributed by atoms with Gasteiger partial charge < -0.3 is 5.32 Å². The number of rotatable bonds is 6. The van der Waals surface area contributed by atoms with E-state index in [1.54, 1.807) is 7.05 Å². The summed E-state index contributed by atoms with van der Waals surface area (Å²) in [4.78, 5) is 0.0694. The molecule has 0 aromatic heterocycles. The van der Waals surface area contributed by atoms with Gasteiger partial charge in [0.25, 0.3) is 0 Å². The molecule has 0 radical (unpaired) electrons. The molecule has 0 saturated heterocycles. The lowest BCUT2D eigenvalue weighted by atomic mass is 10.0. The van der Waals surface area contributed by atoms with Crippen molar-refractivity contribution in [1.82, 2.24) is 5.32 Å². The van der Waals surface area contributed by atoms with E-state index in [2.05, 4.69) is 19.2 Å². The molecular formula is C13H19F2NOS. The molecule has 5 heteroatoms. The van der Waals surface area contributed by atoms with E-state index in [1.807, 2.05) is 0 Å². The first-order chi connectivity index (χ1) is 8.49. The van der Waals surface area contributed by atoms with Gasteiger partial charge in [-0.2, -0.15) is 0 Å². The summed E-state index contributed by atoms with van der Waals surface area (Å²) in [5.74, 6) is -0.719. The third-order valence-electron chi connectivity index (χ3n) is 3.17. The van der Waals surface area contributed by atoms with Gasteiger partial charge in [-0.25, -0.2) is 8.78 Å². The summed E-state index contributed by atoms with van der Waals surface area (Å²) >= 11 is 0. The number of benzene rings is 1. The molecule has 1 aromatic rings. The topological polar surface area (TPSA) is 29.1 Å². The average Bonchev–Trinajstić information content (AvgIpc) is 2.34. The molecule has 1 rings (SSSR count). The molecule has 0 spiro atoms. The molecule has 0 aliphatic carbocycles. The average molecular weight is 275 g/mol. The van der Waals surface area contributed by atoms with Crippen molar-refractivity contribution in [3.63, 3.8) is 0 Å². The fraction of sp³-hybridized carbons (Fsp3) is 0.538. The van der Waals surface area contributed by atoms with E-state index in [0.29, 0.717) is 11.7 Å². The summed E-state index contributed by atoms with van der Waals surface area (Å²) in [6.45, 7) is 4.11. The first kappa shape index (κ1) is 15.2. The molecule has 0 aliphatic rings. The van der Waals surface area contributed by atoms with Crippen LogP contribution in [0.15, 0.2) is 23.1 Å². The number of halogens is 2. The van der Waals surface area contributed by atoms with Crippen LogP contribution in [0.3, 0.4) is 0 Å². The van der Waals surface area contributed by atoms with Crippen LogP contribution in [-0.4, -0.2) is 23.1 Å². The third kappa shape index (κ3) is 3.85. The Morgan fingerprint density at radius 2 is 2.06 bits per heavy atom. The molecule has 1 N–H and O–H groups in total. The molecular weight excluding hydrogens is 256 g/mol. The zero-order valence-corrected chi connectivity index (χ0v) is 11.7. The molecule has 0 fully saturated rings. The lowest BCUT2D eigenvalue weighted by Crippen LogP contribution is -2.37. The normalized spacial score (nSPS) is 16.3. The SMILES string of the molecule is CCC(C)C(CS(=O)c1ccc(F)cc1F)NC. The smallest absolute Gasteiger partial charge is 0.142 e. The van der Waals surface area contributed by atoms with E-state index >= 15 is 0 Å². The Balaban J connectivity index is 2.81. The van der Waals surface area contributed by atoms with Gasteiger partial charge in [-0.15, -0.1) is 0 Å². The fourth-order valence-electron chi connectivity index (χ4n) is 1.73. The molecule has 2 nitrogen and oxygen atoms in total. The highest BCUT2D eigenvalue weighted by Crippen LogP contribution is 2.17. The van der Waals surface area contributed by atoms with Crippen molar-refractivity contribution in [1.29, 1.82) is 0 Å². The van der Waals surface area contributed by atoms with Crippen LogP contribution in [0.5, 0.6) is 0 Å². The second-order valence-electron chi connectivity index (χ2n) is 4.37. The van der Waals surface area contributed by atoms with Crippen molar-refractivity contribution in [2.45, 2.75) is 31.2 Å². The van der Waals surface area contributed by atoms with Crippen LogP contribution >= 0.6 is 0 Å². The van der Waals surface area contributed by atoms with Crippen LogP contribution in [0.25, 0.3) is 0 Å². The zero-order valence-electron chi connectivity index (χ0n) is 10.9. The first-order valence-electron chi connectivity index (χ1n) is 6.00. The number of nitrogens with one attached hydrogen (secondary N) is 1. The summed E-state index contributed by atoms with van der Waals surface area (Å²) in [5, 5.41) is 3.09. The largest absolute Gasteiger partial charge is 0.316 e. The minimum atomic E-state index is -1.46. The van der Waals surface area contributed by atoms with Gasteiger partial charge in [0.2, 0.25) is 0 Å². The molecule has 0 heterocycles. The second-order valence-corrected chi connectivity index (χ2v) is 5.83. The van der Waals surface area contributed by atoms with Crippen molar-refractivity contribution in [2.75, 3.05) is 12.8 Å². The van der Waals surface area contributed by atoms with Crippen molar-refractivity contribution < 1.29 is 13.0 Å². The van der Waals surface area contributed by atoms with Gasteiger partial charge in [0.05, 0.1) is 15.7 Å². The van der Waals surface area contributed by atoms with E-state index < -0.39 is 22.4 Å². The van der Waals surface area contributed by atoms with Crippen LogP contribution in [-0.2, 0) is 10.8 Å². The Morgan fingerprint density at radius 3 is 2.56 bits per heavy atom. The minimum Gasteiger partial charge on any atom is -0.316 e. The molecule has 1 aromatic carbocycles. The second kappa shape index (κ2) is 6.95. The molecule has 3 unspecified atom stereocenters. The molecule has 102 valence electrons. The van der Waals surface area contributed by atoms with E-state index in [0.717, 1.165) is 18.6 Å². The summed E-state index contributed by atoms with van der Waals surface area (Å²) in [6.07, 6.45) is 0.953. The fourth-order valence-corrected chi connectivity index (χ4v) is 3.23. The van der Waals surface area contributed by atoms with Gasteiger partial charge >= 0.3 is 0 Å². The first-order valence-corrected chi connectivity index (χ1v) is 7.32. The lowest BCUT2D eigenvalue weighted by molar-refractivity contribution is 0.417. The van der Waals surface area contributed by atoms with Crippen LogP contribution in [0.2, 0.25) is 0 Å². The van der Waals surface area contributed by atoms with Crippen LogP contribution in [0, 0.1) is 17.6 Å². The predicted molar refractivity (Wildman–Crippen MR) is 69.9 cm³/mol. The van der Waals surface area contributed by atoms with E-state index in [-0.39, 0.29) is 10.9 Å². The van der Waals surface area contributed by atoms with Crippen LogP contribution in [0.1, 0.15) is 20.3 Å². The molecule has 18 heavy (non-hydrogen) atoms. The Kier molecular flexibility index (Phi) is 5.88. The van der Waals surface area contributed by atoms with Gasteiger partial charge in [-0.05, 0) is 25.1 Å². The standard InChI is InChI=1S/C13H19F2NOS/c1-4-9(2)12(16-3)8-18(17)13-6-5-10(14)7-11(13)15/h5-7,9,12,16H,4,8H2,1-3H3. The van der Waals surface area contributed by atoms with Crippen molar-refractivity contribution >= 4 is 10.8 Å². The van der Waals surface area contributed by atoms with Crippen molar-refractivity contribution in [2.24, 2.45) is 5.92 Å². The monoisotopic (exact) mass is 275 g/mol. The molecule has 3 atom stereocenters. The maximum absolute atomic E-state index is 13.5. The highest BCUT2D eigenvalue weighted by atomic mass is 32.2. The van der Waals surface area contributed by atoms with E-state index in [1.165, 1.54) is 6.07 Å². The Labute approximate surface area is 109 Å². The zero-order chi connectivity index (χ0) is 13.7. The summed E-state index contributed by atoms with van der Waals surface area (Å²) in [5.41, 5.74) is 0. The highest BCUT2D eigenvalue weighted by Gasteiger charge is 2.19. The van der Waals surface area contributed by atoms with Gasteiger partial charge in [-0.3, -0.25) is 4.21 Å². The quantitative estimate of drug-likeness (QED) is 0.865. The predicted octanol–water partition coefficient (Wildman–Crippen LogP) is 2.71. The van der Waals surface area contributed by atoms with Gasteiger partial charge in [0, 0.05) is 17.9 Å². The maximum atomic E-state index is 13.5. The lowest BCUT2D eigenvalue weighted by Gasteiger charge is -2.22. The van der Waals surface area contributed by atoms with E-state index in [4.69, 9.17) is 0 Å². The Bertz CT molecular complexity index is 425. The Hall–Kier alpha value is -0.810. The number of hydrogen-bond donors (Lipinski definition) is 1. The highest BCUT2D eigenvalue weighted by molar-refractivity contribution is 7.85. The summed E-state index contributed by atoms with van der Waals surface area (Å²) < 4.78 is 38.3. The van der Waals surface area contributed by atoms with Crippen LogP contribution < -0.4 is 5.32 Å². The molecule has 0 aliphatic heterocycles. The van der Waals surface area contributed by atoms with Crippen LogP contribution in [0.4, 0.5) is 8.78 Å². The maximum Gasteiger partial charge on any atom is 0.142 e. The molecule has 0 bridgehead atoms. The summed E-state index contributed by atoms with van der Waals surface area (Å²) in [7, 11) is 0.341. The van der Waals surface area contributed by atoms with Gasteiger partial charge in [0.15, 0.2) is 0 Å². The van der Waals surface area contributed by atoms with Crippen molar-refractivity contribution in [3.05, 3.63) is 29.8 Å². The Morgan fingerprint density at radius 1 is 1.39 bits per heavy atom. The summed E-state index contributed by atoms with van der Waals surface area (Å²) in [6, 6.07) is 3.21. The van der Waals surface area contributed by atoms with Crippen molar-refractivity contribution in [3.8, 4) is 0 Å².